The van der Waals surface area contributed by atoms with Gasteiger partial charge in [0.15, 0.2) is 0 Å². The summed E-state index contributed by atoms with van der Waals surface area (Å²) in [4.78, 5) is 30.2. The number of aromatic nitrogens is 1. The molecule has 2 fully saturated rings. The number of likely N-dealkylation sites (tertiary alicyclic amines) is 2. The van der Waals surface area contributed by atoms with Gasteiger partial charge >= 0.3 is 12.1 Å². The number of aryl methyl sites for hydroxylation is 1. The smallest absolute Gasteiger partial charge is 0.475 e. The van der Waals surface area contributed by atoms with Gasteiger partial charge in [-0.2, -0.15) is 13.2 Å². The third-order valence-corrected chi connectivity index (χ3v) is 5.97. The fourth-order valence-corrected chi connectivity index (χ4v) is 4.46. The highest BCUT2D eigenvalue weighted by atomic mass is 32.1. The molecule has 1 spiro atoms. The predicted molar refractivity (Wildman–Crippen MR) is 102 cm³/mol. The van der Waals surface area contributed by atoms with Crippen LogP contribution in [-0.2, 0) is 22.7 Å². The minimum absolute atomic E-state index is 0.120. The fraction of sp³-hybridized carbons (Fsp3) is 0.526. The Balaban J connectivity index is 0.000000318. The van der Waals surface area contributed by atoms with Gasteiger partial charge in [-0.25, -0.2) is 9.78 Å². The number of nitrogens with zero attached hydrogens (tertiary/aromatic N) is 3. The Morgan fingerprint density at radius 3 is 2.67 bits per heavy atom. The quantitative estimate of drug-likeness (QED) is 0.777. The Morgan fingerprint density at radius 1 is 1.37 bits per heavy atom. The lowest BCUT2D eigenvalue weighted by Crippen LogP contribution is -2.31. The second-order valence-corrected chi connectivity index (χ2v) is 8.69. The highest BCUT2D eigenvalue weighted by molar-refractivity contribution is 7.09. The number of carbonyl (C=O) groups excluding carboxylic acids is 1. The molecule has 4 rings (SSSR count). The number of carboxylic acid groups (broad SMARTS) is 1. The van der Waals surface area contributed by atoms with Crippen LogP contribution in [0.3, 0.4) is 0 Å². The average Bonchev–Trinajstić information content (AvgIpc) is 3.41. The molecule has 0 radical (unpaired) electrons. The van der Waals surface area contributed by atoms with E-state index in [2.05, 4.69) is 15.3 Å². The Morgan fingerprint density at radius 2 is 2.10 bits per heavy atom. The Bertz CT molecular complexity index is 884. The van der Waals surface area contributed by atoms with Crippen molar-refractivity contribution < 1.29 is 32.3 Å². The van der Waals surface area contributed by atoms with E-state index in [-0.39, 0.29) is 11.3 Å². The first-order valence-corrected chi connectivity index (χ1v) is 10.2. The minimum atomic E-state index is -5.08. The van der Waals surface area contributed by atoms with Gasteiger partial charge in [0.1, 0.15) is 5.76 Å². The van der Waals surface area contributed by atoms with Crippen molar-refractivity contribution in [1.82, 2.24) is 14.8 Å². The van der Waals surface area contributed by atoms with Crippen molar-refractivity contribution >= 4 is 23.2 Å². The minimum Gasteiger partial charge on any atom is -0.475 e. The first kappa shape index (κ1) is 22.3. The lowest BCUT2D eigenvalue weighted by molar-refractivity contribution is -0.192. The van der Waals surface area contributed by atoms with Crippen LogP contribution in [0.15, 0.2) is 28.2 Å². The Kier molecular flexibility index (Phi) is 6.51. The highest BCUT2D eigenvalue weighted by Crippen LogP contribution is 2.41. The largest absolute Gasteiger partial charge is 0.490 e. The number of furan rings is 1. The first-order valence-electron chi connectivity index (χ1n) is 9.30. The van der Waals surface area contributed by atoms with E-state index in [1.165, 1.54) is 0 Å². The van der Waals surface area contributed by atoms with Crippen molar-refractivity contribution in [2.24, 2.45) is 5.41 Å². The third-order valence-electron chi connectivity index (χ3n) is 5.14. The molecule has 1 N–H and O–H groups in total. The molecule has 7 nitrogen and oxygen atoms in total. The summed E-state index contributed by atoms with van der Waals surface area (Å²) in [5, 5.41) is 10.2. The van der Waals surface area contributed by atoms with E-state index >= 15 is 0 Å². The SMILES string of the molecule is Cc1nc(CN2CC3(CCN(Cc4ccco4)C3)CC2=O)cs1.O=C(O)C(F)(F)F. The molecule has 2 aromatic rings. The number of halogens is 3. The summed E-state index contributed by atoms with van der Waals surface area (Å²) in [5.74, 6) is -1.48. The molecule has 1 atom stereocenters. The van der Waals surface area contributed by atoms with E-state index in [9.17, 15) is 18.0 Å². The normalized spacial score (nSPS) is 21.9. The van der Waals surface area contributed by atoms with Gasteiger partial charge in [-0.1, -0.05) is 0 Å². The number of aliphatic carboxylic acids is 1. The molecule has 30 heavy (non-hydrogen) atoms. The fourth-order valence-electron chi connectivity index (χ4n) is 3.86. The summed E-state index contributed by atoms with van der Waals surface area (Å²) in [6.45, 7) is 6.38. The second kappa shape index (κ2) is 8.76. The number of hydrogen-bond donors (Lipinski definition) is 1. The summed E-state index contributed by atoms with van der Waals surface area (Å²) < 4.78 is 37.2. The van der Waals surface area contributed by atoms with Crippen molar-refractivity contribution in [2.45, 2.75) is 39.0 Å². The molecule has 1 unspecified atom stereocenters. The van der Waals surface area contributed by atoms with Crippen molar-refractivity contribution in [1.29, 1.82) is 0 Å². The molecule has 0 saturated carbocycles. The first-order chi connectivity index (χ1) is 14.1. The van der Waals surface area contributed by atoms with Crippen molar-refractivity contribution in [3.8, 4) is 0 Å². The molecular weight excluding hydrogens is 423 g/mol. The van der Waals surface area contributed by atoms with E-state index in [0.29, 0.717) is 13.0 Å². The van der Waals surface area contributed by atoms with Crippen LogP contribution in [0.4, 0.5) is 13.2 Å². The molecular formula is C19H22F3N3O4S. The zero-order valence-electron chi connectivity index (χ0n) is 16.3. The molecule has 0 aromatic carbocycles. The van der Waals surface area contributed by atoms with Gasteiger partial charge in [-0.3, -0.25) is 9.69 Å². The maximum absolute atomic E-state index is 12.4. The number of carboxylic acids is 1. The Labute approximate surface area is 175 Å². The number of alkyl halides is 3. The number of rotatable bonds is 4. The predicted octanol–water partition coefficient (Wildman–Crippen LogP) is 3.30. The van der Waals surface area contributed by atoms with E-state index in [1.807, 2.05) is 24.0 Å². The van der Waals surface area contributed by atoms with Crippen molar-refractivity contribution in [2.75, 3.05) is 19.6 Å². The zero-order chi connectivity index (χ0) is 21.9. The van der Waals surface area contributed by atoms with E-state index in [4.69, 9.17) is 14.3 Å². The molecule has 0 aliphatic carbocycles. The molecule has 2 aliphatic rings. The van der Waals surface area contributed by atoms with Crippen LogP contribution in [-0.4, -0.2) is 57.6 Å². The summed E-state index contributed by atoms with van der Waals surface area (Å²) >= 11 is 1.65. The number of amides is 1. The summed E-state index contributed by atoms with van der Waals surface area (Å²) in [7, 11) is 0. The second-order valence-electron chi connectivity index (χ2n) is 7.63. The summed E-state index contributed by atoms with van der Waals surface area (Å²) in [6, 6.07) is 3.94. The standard InChI is InChI=1S/C17H21N3O2S.C2HF3O2/c1-13-18-14(10-23-13)8-20-12-17(7-16(20)21)4-5-19(11-17)9-15-3-2-6-22-15;3-2(4,5)1(6)7/h2-3,6,10H,4-5,7-9,11-12H2,1H3;(H,6,7). The van der Waals surface area contributed by atoms with Gasteiger partial charge in [0, 0.05) is 30.3 Å². The molecule has 11 heteroatoms. The van der Waals surface area contributed by atoms with Gasteiger partial charge in [0.2, 0.25) is 5.91 Å². The van der Waals surface area contributed by atoms with E-state index in [0.717, 1.165) is 49.1 Å². The molecule has 4 heterocycles. The monoisotopic (exact) mass is 445 g/mol. The number of hydrogen-bond acceptors (Lipinski definition) is 6. The van der Waals surface area contributed by atoms with Gasteiger partial charge < -0.3 is 14.4 Å². The van der Waals surface area contributed by atoms with Gasteiger partial charge in [-0.05, 0) is 32.0 Å². The van der Waals surface area contributed by atoms with Crippen LogP contribution in [0, 0.1) is 12.3 Å². The van der Waals surface area contributed by atoms with Gasteiger partial charge in [0.05, 0.1) is 30.1 Å². The maximum atomic E-state index is 12.4. The highest BCUT2D eigenvalue weighted by Gasteiger charge is 2.47. The van der Waals surface area contributed by atoms with E-state index < -0.39 is 12.1 Å². The Hall–Kier alpha value is -2.40. The lowest BCUT2D eigenvalue weighted by Gasteiger charge is -2.23. The molecule has 2 saturated heterocycles. The topological polar surface area (TPSA) is 86.9 Å². The maximum Gasteiger partial charge on any atom is 0.490 e. The zero-order valence-corrected chi connectivity index (χ0v) is 17.1. The summed E-state index contributed by atoms with van der Waals surface area (Å²) in [5.41, 5.74) is 1.14. The van der Waals surface area contributed by atoms with E-state index in [1.54, 1.807) is 17.6 Å². The van der Waals surface area contributed by atoms with Crippen LogP contribution in [0.1, 0.15) is 29.3 Å². The van der Waals surface area contributed by atoms with Crippen molar-refractivity contribution in [3.63, 3.8) is 0 Å². The molecule has 164 valence electrons. The van der Waals surface area contributed by atoms with Crippen LogP contribution in [0.25, 0.3) is 0 Å². The van der Waals surface area contributed by atoms with Crippen LogP contribution < -0.4 is 0 Å². The average molecular weight is 445 g/mol. The van der Waals surface area contributed by atoms with Crippen LogP contribution in [0.5, 0.6) is 0 Å². The number of carbonyl (C=O) groups is 2. The molecule has 1 amide bonds. The number of thiazole rings is 1. The third kappa shape index (κ3) is 5.60. The molecule has 2 aliphatic heterocycles. The van der Waals surface area contributed by atoms with Crippen LogP contribution in [0.2, 0.25) is 0 Å². The molecule has 0 bridgehead atoms. The van der Waals surface area contributed by atoms with Crippen molar-refractivity contribution in [3.05, 3.63) is 40.2 Å². The van der Waals surface area contributed by atoms with Gasteiger partial charge in [-0.15, -0.1) is 11.3 Å². The molecule has 2 aromatic heterocycles. The lowest BCUT2D eigenvalue weighted by atomic mass is 9.86. The van der Waals surface area contributed by atoms with Gasteiger partial charge in [0.25, 0.3) is 0 Å². The van der Waals surface area contributed by atoms with Crippen LogP contribution >= 0.6 is 11.3 Å². The summed E-state index contributed by atoms with van der Waals surface area (Å²) in [6.07, 6.45) is -1.60.